The number of hydrogen-bond donors (Lipinski definition) is 0. The fourth-order valence-corrected chi connectivity index (χ4v) is 1.96. The highest BCUT2D eigenvalue weighted by atomic mass is 35.5. The third kappa shape index (κ3) is 4.02. The Labute approximate surface area is 133 Å². The van der Waals surface area contributed by atoms with Gasteiger partial charge in [0.05, 0.1) is 19.2 Å². The van der Waals surface area contributed by atoms with Crippen molar-refractivity contribution in [1.82, 2.24) is 0 Å². The van der Waals surface area contributed by atoms with E-state index >= 15 is 0 Å². The van der Waals surface area contributed by atoms with Gasteiger partial charge < -0.3 is 14.2 Å². The van der Waals surface area contributed by atoms with Crippen LogP contribution in [-0.4, -0.2) is 20.2 Å². The first-order chi connectivity index (χ1) is 10.6. The number of rotatable bonds is 5. The van der Waals surface area contributed by atoms with Crippen LogP contribution in [-0.2, 0) is 4.79 Å². The molecular formula is C17H15ClO4. The zero-order valence-corrected chi connectivity index (χ0v) is 13.0. The molecule has 2 rings (SSSR count). The summed E-state index contributed by atoms with van der Waals surface area (Å²) in [5.74, 6) is 1.02. The van der Waals surface area contributed by atoms with E-state index in [0.29, 0.717) is 22.3 Å². The maximum Gasteiger partial charge on any atom is 0.336 e. The van der Waals surface area contributed by atoms with Crippen LogP contribution >= 0.6 is 11.6 Å². The quantitative estimate of drug-likeness (QED) is 0.475. The normalized spacial score (nSPS) is 10.5. The van der Waals surface area contributed by atoms with Crippen molar-refractivity contribution in [2.75, 3.05) is 14.2 Å². The van der Waals surface area contributed by atoms with Gasteiger partial charge in [-0.3, -0.25) is 0 Å². The van der Waals surface area contributed by atoms with Crippen LogP contribution in [0.5, 0.6) is 17.2 Å². The molecule has 0 unspecified atom stereocenters. The lowest BCUT2D eigenvalue weighted by Gasteiger charge is -2.07. The Kier molecular flexibility index (Phi) is 5.44. The molecule has 2 aromatic rings. The first-order valence-corrected chi connectivity index (χ1v) is 6.88. The third-order valence-corrected chi connectivity index (χ3v) is 3.18. The second-order valence-electron chi connectivity index (χ2n) is 4.30. The molecule has 0 fully saturated rings. The molecule has 0 saturated heterocycles. The van der Waals surface area contributed by atoms with E-state index in [9.17, 15) is 4.79 Å². The molecule has 0 saturated carbocycles. The van der Waals surface area contributed by atoms with Crippen LogP contribution in [0.3, 0.4) is 0 Å². The monoisotopic (exact) mass is 318 g/mol. The van der Waals surface area contributed by atoms with E-state index in [0.717, 1.165) is 5.56 Å². The van der Waals surface area contributed by atoms with Gasteiger partial charge in [0, 0.05) is 6.08 Å². The Morgan fingerprint density at radius 1 is 1.00 bits per heavy atom. The molecule has 0 heterocycles. The minimum Gasteiger partial charge on any atom is -0.493 e. The molecule has 0 amide bonds. The zero-order valence-electron chi connectivity index (χ0n) is 12.2. The Hall–Kier alpha value is -2.46. The summed E-state index contributed by atoms with van der Waals surface area (Å²) in [6.07, 6.45) is 2.95. The Bertz CT molecular complexity index is 695. The lowest BCUT2D eigenvalue weighted by Crippen LogP contribution is -2.03. The van der Waals surface area contributed by atoms with E-state index in [4.69, 9.17) is 25.8 Å². The third-order valence-electron chi connectivity index (χ3n) is 2.87. The van der Waals surface area contributed by atoms with Crippen molar-refractivity contribution in [3.05, 3.63) is 59.1 Å². The molecule has 5 heteroatoms. The molecule has 0 atom stereocenters. The number of carbonyl (C=O) groups is 1. The van der Waals surface area contributed by atoms with Gasteiger partial charge in [0.1, 0.15) is 5.75 Å². The van der Waals surface area contributed by atoms with E-state index in [1.165, 1.54) is 6.08 Å². The van der Waals surface area contributed by atoms with Gasteiger partial charge in [0.25, 0.3) is 0 Å². The molecule has 22 heavy (non-hydrogen) atoms. The van der Waals surface area contributed by atoms with E-state index in [1.807, 2.05) is 0 Å². The summed E-state index contributed by atoms with van der Waals surface area (Å²) in [6, 6.07) is 12.1. The van der Waals surface area contributed by atoms with Crippen LogP contribution in [0, 0.1) is 0 Å². The lowest BCUT2D eigenvalue weighted by molar-refractivity contribution is -0.128. The second-order valence-corrected chi connectivity index (χ2v) is 4.71. The standard InChI is InChI=1S/C17H15ClO4/c1-20-15-9-7-12(11-16(15)21-2)8-10-17(19)22-14-6-4-3-5-13(14)18/h3-11H,1-2H3/b10-8+. The fourth-order valence-electron chi connectivity index (χ4n) is 1.79. The highest BCUT2D eigenvalue weighted by Gasteiger charge is 2.06. The summed E-state index contributed by atoms with van der Waals surface area (Å²) >= 11 is 5.93. The first kappa shape index (κ1) is 15.9. The molecule has 0 spiro atoms. The van der Waals surface area contributed by atoms with Crippen molar-refractivity contribution >= 4 is 23.6 Å². The van der Waals surface area contributed by atoms with Crippen molar-refractivity contribution in [1.29, 1.82) is 0 Å². The molecule has 0 N–H and O–H groups in total. The van der Waals surface area contributed by atoms with Crippen LogP contribution < -0.4 is 14.2 Å². The number of halogens is 1. The molecule has 0 bridgehead atoms. The summed E-state index contributed by atoms with van der Waals surface area (Å²) in [6.45, 7) is 0. The van der Waals surface area contributed by atoms with Crippen molar-refractivity contribution in [2.45, 2.75) is 0 Å². The van der Waals surface area contributed by atoms with E-state index in [2.05, 4.69) is 0 Å². The molecule has 0 aliphatic rings. The highest BCUT2D eigenvalue weighted by Crippen LogP contribution is 2.28. The van der Waals surface area contributed by atoms with Crippen LogP contribution in [0.15, 0.2) is 48.5 Å². The van der Waals surface area contributed by atoms with Crippen molar-refractivity contribution < 1.29 is 19.0 Å². The van der Waals surface area contributed by atoms with Crippen molar-refractivity contribution in [3.63, 3.8) is 0 Å². The minimum absolute atomic E-state index is 0.325. The number of methoxy groups -OCH3 is 2. The number of carbonyl (C=O) groups excluding carboxylic acids is 1. The molecular weight excluding hydrogens is 304 g/mol. The Balaban J connectivity index is 2.08. The van der Waals surface area contributed by atoms with Gasteiger partial charge in [-0.15, -0.1) is 0 Å². The number of para-hydroxylation sites is 1. The molecule has 2 aromatic carbocycles. The topological polar surface area (TPSA) is 44.8 Å². The number of esters is 1. The Morgan fingerprint density at radius 2 is 1.73 bits per heavy atom. The van der Waals surface area contributed by atoms with E-state index in [-0.39, 0.29) is 0 Å². The van der Waals surface area contributed by atoms with Gasteiger partial charge in [-0.25, -0.2) is 4.79 Å². The molecule has 4 nitrogen and oxygen atoms in total. The maximum absolute atomic E-state index is 11.8. The molecule has 0 aliphatic carbocycles. The van der Waals surface area contributed by atoms with Gasteiger partial charge in [0.15, 0.2) is 11.5 Å². The number of ether oxygens (including phenoxy) is 3. The summed E-state index contributed by atoms with van der Waals surface area (Å²) < 4.78 is 15.5. The largest absolute Gasteiger partial charge is 0.493 e. The predicted octanol–water partition coefficient (Wildman–Crippen LogP) is 3.98. The molecule has 114 valence electrons. The smallest absolute Gasteiger partial charge is 0.336 e. The predicted molar refractivity (Wildman–Crippen MR) is 85.7 cm³/mol. The van der Waals surface area contributed by atoms with Crippen LogP contribution in [0.25, 0.3) is 6.08 Å². The van der Waals surface area contributed by atoms with E-state index < -0.39 is 5.97 Å². The van der Waals surface area contributed by atoms with Crippen molar-refractivity contribution in [2.24, 2.45) is 0 Å². The average Bonchev–Trinajstić information content (AvgIpc) is 2.54. The maximum atomic E-state index is 11.8. The van der Waals surface area contributed by atoms with Crippen LogP contribution in [0.1, 0.15) is 5.56 Å². The number of benzene rings is 2. The van der Waals surface area contributed by atoms with E-state index in [1.54, 1.807) is 62.8 Å². The van der Waals surface area contributed by atoms with Crippen LogP contribution in [0.2, 0.25) is 5.02 Å². The highest BCUT2D eigenvalue weighted by molar-refractivity contribution is 6.32. The lowest BCUT2D eigenvalue weighted by atomic mass is 10.2. The average molecular weight is 319 g/mol. The van der Waals surface area contributed by atoms with Crippen molar-refractivity contribution in [3.8, 4) is 17.2 Å². The summed E-state index contributed by atoms with van der Waals surface area (Å²) in [7, 11) is 3.12. The molecule has 0 aliphatic heterocycles. The van der Waals surface area contributed by atoms with Gasteiger partial charge in [-0.2, -0.15) is 0 Å². The summed E-state index contributed by atoms with van der Waals surface area (Å²) in [5, 5.41) is 0.385. The fraction of sp³-hybridized carbons (Fsp3) is 0.118. The second kappa shape index (κ2) is 7.52. The van der Waals surface area contributed by atoms with Gasteiger partial charge >= 0.3 is 5.97 Å². The van der Waals surface area contributed by atoms with Gasteiger partial charge in [-0.1, -0.05) is 29.8 Å². The Morgan fingerprint density at radius 3 is 2.41 bits per heavy atom. The number of hydrogen-bond acceptors (Lipinski definition) is 4. The van der Waals surface area contributed by atoms with Gasteiger partial charge in [0.2, 0.25) is 0 Å². The van der Waals surface area contributed by atoms with Gasteiger partial charge in [-0.05, 0) is 35.9 Å². The van der Waals surface area contributed by atoms with Crippen LogP contribution in [0.4, 0.5) is 0 Å². The minimum atomic E-state index is -0.511. The molecule has 0 aromatic heterocycles. The molecule has 0 radical (unpaired) electrons. The zero-order chi connectivity index (χ0) is 15.9. The summed E-state index contributed by atoms with van der Waals surface area (Å²) in [4.78, 5) is 11.8. The SMILES string of the molecule is COc1ccc(/C=C/C(=O)Oc2ccccc2Cl)cc1OC. The summed E-state index contributed by atoms with van der Waals surface area (Å²) in [5.41, 5.74) is 0.786. The first-order valence-electron chi connectivity index (χ1n) is 6.50.